The van der Waals surface area contributed by atoms with Crippen molar-refractivity contribution in [2.24, 2.45) is 5.73 Å². The second kappa shape index (κ2) is 5.26. The summed E-state index contributed by atoms with van der Waals surface area (Å²) in [4.78, 5) is 26.7. The summed E-state index contributed by atoms with van der Waals surface area (Å²) in [5.74, 6) is -0.931. The number of methoxy groups -OCH3 is 1. The van der Waals surface area contributed by atoms with Gasteiger partial charge in [0.1, 0.15) is 5.75 Å². The summed E-state index contributed by atoms with van der Waals surface area (Å²) in [7, 11) is 1.43. The number of rotatable bonds is 4. The fraction of sp³-hybridized carbons (Fsp3) is 0.0909. The molecule has 0 spiro atoms. The van der Waals surface area contributed by atoms with Crippen molar-refractivity contribution in [1.82, 2.24) is 15.2 Å². The molecule has 20 heavy (non-hydrogen) atoms. The first-order valence-electron chi connectivity index (χ1n) is 5.48. The van der Waals surface area contributed by atoms with Crippen LogP contribution in [-0.2, 0) is 0 Å². The van der Waals surface area contributed by atoms with Gasteiger partial charge in [-0.15, -0.1) is 5.10 Å². The molecule has 9 heteroatoms. The molecule has 0 fully saturated rings. The topological polar surface area (TPSA) is 149 Å². The quantitative estimate of drug-likeness (QED) is 0.604. The Hall–Kier alpha value is -3.10. The smallest absolute Gasteiger partial charge is 0.293 e. The van der Waals surface area contributed by atoms with Gasteiger partial charge in [-0.25, -0.2) is 0 Å². The molecule has 2 amide bonds. The molecular weight excluding hydrogens is 264 g/mol. The molecule has 0 atom stereocenters. The number of carbonyl (C=O) groups is 2. The van der Waals surface area contributed by atoms with E-state index < -0.39 is 11.8 Å². The lowest BCUT2D eigenvalue weighted by Crippen LogP contribution is -2.16. The van der Waals surface area contributed by atoms with Crippen LogP contribution in [0.4, 0.5) is 11.6 Å². The first-order chi connectivity index (χ1) is 9.51. The van der Waals surface area contributed by atoms with Crippen LogP contribution in [0.5, 0.6) is 5.75 Å². The number of benzene rings is 1. The summed E-state index contributed by atoms with van der Waals surface area (Å²) >= 11 is 0. The number of primary amides is 1. The highest BCUT2D eigenvalue weighted by atomic mass is 16.5. The van der Waals surface area contributed by atoms with Crippen LogP contribution in [0.25, 0.3) is 0 Å². The van der Waals surface area contributed by atoms with E-state index in [1.165, 1.54) is 25.3 Å². The van der Waals surface area contributed by atoms with E-state index in [9.17, 15) is 9.59 Å². The summed E-state index contributed by atoms with van der Waals surface area (Å²) in [6.45, 7) is 0. The van der Waals surface area contributed by atoms with Crippen LogP contribution in [-0.4, -0.2) is 34.1 Å². The van der Waals surface area contributed by atoms with Crippen LogP contribution in [0, 0.1) is 0 Å². The third-order valence-corrected chi connectivity index (χ3v) is 2.45. The molecule has 1 aromatic heterocycles. The van der Waals surface area contributed by atoms with Gasteiger partial charge in [-0.2, -0.15) is 4.98 Å². The standard InChI is InChI=1S/C11H12N6O3/c1-20-7-3-2-5(8(12)18)4-6(7)14-10(19)9-15-11(13)17-16-9/h2-4H,1H3,(H2,12,18)(H,14,19)(H3,13,15,16,17). The summed E-state index contributed by atoms with van der Waals surface area (Å²) < 4.78 is 5.08. The Labute approximate surface area is 113 Å². The number of aromatic nitrogens is 3. The van der Waals surface area contributed by atoms with E-state index in [1.807, 2.05) is 0 Å². The fourth-order valence-electron chi connectivity index (χ4n) is 1.52. The SMILES string of the molecule is COc1ccc(C(N)=O)cc1NC(=O)c1nc(N)n[nH]1. The highest BCUT2D eigenvalue weighted by Gasteiger charge is 2.15. The number of H-pyrrole nitrogens is 1. The van der Waals surface area contributed by atoms with Gasteiger partial charge in [0, 0.05) is 5.56 Å². The molecule has 0 unspecified atom stereocenters. The number of ether oxygens (including phenoxy) is 1. The number of carbonyl (C=O) groups excluding carboxylic acids is 2. The van der Waals surface area contributed by atoms with E-state index in [0.29, 0.717) is 5.75 Å². The molecular formula is C11H12N6O3. The van der Waals surface area contributed by atoms with E-state index in [4.69, 9.17) is 16.2 Å². The number of nitrogens with zero attached hydrogens (tertiary/aromatic N) is 2. The van der Waals surface area contributed by atoms with Gasteiger partial charge >= 0.3 is 0 Å². The van der Waals surface area contributed by atoms with Crippen molar-refractivity contribution < 1.29 is 14.3 Å². The Bertz CT molecular complexity index is 666. The van der Waals surface area contributed by atoms with E-state index >= 15 is 0 Å². The van der Waals surface area contributed by atoms with Crippen LogP contribution < -0.4 is 21.5 Å². The molecule has 0 aliphatic heterocycles. The zero-order valence-corrected chi connectivity index (χ0v) is 10.5. The predicted octanol–water partition coefficient (Wildman–Crippen LogP) is -0.253. The summed E-state index contributed by atoms with van der Waals surface area (Å²) in [6, 6.07) is 4.41. The Kier molecular flexibility index (Phi) is 3.51. The minimum atomic E-state index is -0.618. The Morgan fingerprint density at radius 3 is 2.70 bits per heavy atom. The van der Waals surface area contributed by atoms with Crippen LogP contribution in [0.15, 0.2) is 18.2 Å². The lowest BCUT2D eigenvalue weighted by molar-refractivity contribution is 0.0994. The molecule has 0 radical (unpaired) electrons. The third kappa shape index (κ3) is 2.66. The van der Waals surface area contributed by atoms with Crippen LogP contribution in [0.1, 0.15) is 21.0 Å². The van der Waals surface area contributed by atoms with Gasteiger partial charge in [-0.05, 0) is 18.2 Å². The molecule has 2 aromatic rings. The average Bonchev–Trinajstić information content (AvgIpc) is 2.85. The number of aromatic amines is 1. The van der Waals surface area contributed by atoms with E-state index in [-0.39, 0.29) is 23.0 Å². The zero-order valence-electron chi connectivity index (χ0n) is 10.5. The maximum atomic E-state index is 11.9. The Balaban J connectivity index is 2.29. The van der Waals surface area contributed by atoms with Gasteiger partial charge < -0.3 is 21.5 Å². The van der Waals surface area contributed by atoms with Gasteiger partial charge in [-0.1, -0.05) is 0 Å². The highest BCUT2D eigenvalue weighted by molar-refractivity contribution is 6.03. The van der Waals surface area contributed by atoms with Gasteiger partial charge in [0.2, 0.25) is 17.7 Å². The van der Waals surface area contributed by atoms with Crippen molar-refractivity contribution in [2.45, 2.75) is 0 Å². The lowest BCUT2D eigenvalue weighted by Gasteiger charge is -2.10. The van der Waals surface area contributed by atoms with Crippen LogP contribution >= 0.6 is 0 Å². The van der Waals surface area contributed by atoms with Crippen molar-refractivity contribution in [2.75, 3.05) is 18.2 Å². The molecule has 0 saturated carbocycles. The van der Waals surface area contributed by atoms with Crippen molar-refractivity contribution in [1.29, 1.82) is 0 Å². The molecule has 9 nitrogen and oxygen atoms in total. The highest BCUT2D eigenvalue weighted by Crippen LogP contribution is 2.25. The average molecular weight is 276 g/mol. The molecule has 1 heterocycles. The fourth-order valence-corrected chi connectivity index (χ4v) is 1.52. The molecule has 0 saturated heterocycles. The normalized spacial score (nSPS) is 10.1. The van der Waals surface area contributed by atoms with Crippen molar-refractivity contribution in [3.05, 3.63) is 29.6 Å². The molecule has 104 valence electrons. The number of nitrogens with two attached hydrogens (primary N) is 2. The molecule has 0 bridgehead atoms. The van der Waals surface area contributed by atoms with E-state index in [2.05, 4.69) is 20.5 Å². The number of anilines is 2. The maximum Gasteiger partial charge on any atom is 0.293 e. The predicted molar refractivity (Wildman–Crippen MR) is 70.3 cm³/mol. The van der Waals surface area contributed by atoms with E-state index in [1.54, 1.807) is 0 Å². The molecule has 6 N–H and O–H groups in total. The van der Waals surface area contributed by atoms with E-state index in [0.717, 1.165) is 0 Å². The number of hydrogen-bond acceptors (Lipinski definition) is 6. The largest absolute Gasteiger partial charge is 0.495 e. The van der Waals surface area contributed by atoms with Gasteiger partial charge in [0.05, 0.1) is 12.8 Å². The molecule has 2 rings (SSSR count). The van der Waals surface area contributed by atoms with Crippen molar-refractivity contribution >= 4 is 23.5 Å². The molecule has 0 aliphatic carbocycles. The second-order valence-electron chi connectivity index (χ2n) is 3.78. The number of nitrogens with one attached hydrogen (secondary N) is 2. The minimum absolute atomic E-state index is 0.0481. The first-order valence-corrected chi connectivity index (χ1v) is 5.48. The van der Waals surface area contributed by atoms with Crippen molar-refractivity contribution in [3.63, 3.8) is 0 Å². The monoisotopic (exact) mass is 276 g/mol. The minimum Gasteiger partial charge on any atom is -0.495 e. The number of amides is 2. The zero-order chi connectivity index (χ0) is 14.7. The second-order valence-corrected chi connectivity index (χ2v) is 3.78. The summed E-state index contributed by atoms with van der Waals surface area (Å²) in [6.07, 6.45) is 0. The number of hydrogen-bond donors (Lipinski definition) is 4. The van der Waals surface area contributed by atoms with Crippen LogP contribution in [0.3, 0.4) is 0 Å². The lowest BCUT2D eigenvalue weighted by atomic mass is 10.1. The Morgan fingerprint density at radius 2 is 2.15 bits per heavy atom. The molecule has 0 aliphatic rings. The third-order valence-electron chi connectivity index (χ3n) is 2.45. The maximum absolute atomic E-state index is 11.9. The van der Waals surface area contributed by atoms with Crippen LogP contribution in [0.2, 0.25) is 0 Å². The summed E-state index contributed by atoms with van der Waals surface area (Å²) in [5, 5.41) is 8.44. The van der Waals surface area contributed by atoms with Gasteiger partial charge in [-0.3, -0.25) is 14.7 Å². The summed E-state index contributed by atoms with van der Waals surface area (Å²) in [5.41, 5.74) is 11.0. The van der Waals surface area contributed by atoms with Gasteiger partial charge in [0.25, 0.3) is 5.91 Å². The van der Waals surface area contributed by atoms with Crippen molar-refractivity contribution in [3.8, 4) is 5.75 Å². The number of nitrogen functional groups attached to an aromatic ring is 1. The molecule has 1 aromatic carbocycles. The first kappa shape index (κ1) is 13.3. The Morgan fingerprint density at radius 1 is 1.40 bits per heavy atom. The van der Waals surface area contributed by atoms with Gasteiger partial charge in [0.15, 0.2) is 0 Å².